The lowest BCUT2D eigenvalue weighted by molar-refractivity contribution is 0.111. The first-order chi connectivity index (χ1) is 7.38. The summed E-state index contributed by atoms with van der Waals surface area (Å²) in [5.74, 6) is 0.612. The Hall–Kier alpha value is -2.03. The minimum Gasteiger partial charge on any atom is -0.474 e. The number of aromatic amines is 1. The van der Waals surface area contributed by atoms with Crippen molar-refractivity contribution in [2.75, 3.05) is 0 Å². The van der Waals surface area contributed by atoms with Gasteiger partial charge in [0, 0.05) is 6.07 Å². The Morgan fingerprint density at radius 2 is 1.93 bits per heavy atom. The molecule has 0 unspecified atom stereocenters. The fourth-order valence-electron chi connectivity index (χ4n) is 1.28. The van der Waals surface area contributed by atoms with Gasteiger partial charge in [-0.1, -0.05) is 30.3 Å². The van der Waals surface area contributed by atoms with E-state index in [0.717, 1.165) is 11.8 Å². The minimum absolute atomic E-state index is 0.500. The predicted octanol–water partition coefficient (Wildman–Crippen LogP) is 2.41. The lowest BCUT2D eigenvalue weighted by Crippen LogP contribution is -1.95. The molecule has 0 aliphatic rings. The molecule has 0 atom stereocenters. The summed E-state index contributed by atoms with van der Waals surface area (Å²) < 4.78 is 5.46. The SMILES string of the molecule is O=Cc1ccc(OCc2ccccc2)[nH]1. The van der Waals surface area contributed by atoms with Crippen molar-refractivity contribution < 1.29 is 9.53 Å². The van der Waals surface area contributed by atoms with E-state index in [4.69, 9.17) is 4.74 Å². The standard InChI is InChI=1S/C12H11NO2/c14-8-11-6-7-12(13-11)15-9-10-4-2-1-3-5-10/h1-8,13H,9H2. The molecule has 0 spiro atoms. The van der Waals surface area contributed by atoms with Crippen LogP contribution in [0.15, 0.2) is 42.5 Å². The molecule has 0 aliphatic heterocycles. The number of H-pyrrole nitrogens is 1. The highest BCUT2D eigenvalue weighted by molar-refractivity contribution is 5.72. The van der Waals surface area contributed by atoms with Crippen LogP contribution >= 0.6 is 0 Å². The Labute approximate surface area is 87.7 Å². The molecular formula is C12H11NO2. The molecule has 3 heteroatoms. The van der Waals surface area contributed by atoms with Crippen molar-refractivity contribution >= 4 is 6.29 Å². The molecule has 2 rings (SSSR count). The van der Waals surface area contributed by atoms with Crippen molar-refractivity contribution in [3.8, 4) is 5.88 Å². The zero-order chi connectivity index (χ0) is 10.5. The summed E-state index contributed by atoms with van der Waals surface area (Å²) in [7, 11) is 0. The van der Waals surface area contributed by atoms with E-state index in [1.54, 1.807) is 12.1 Å². The summed E-state index contributed by atoms with van der Waals surface area (Å²) in [6, 6.07) is 13.3. The largest absolute Gasteiger partial charge is 0.474 e. The van der Waals surface area contributed by atoms with Crippen LogP contribution in [0.5, 0.6) is 5.88 Å². The maximum atomic E-state index is 10.4. The van der Waals surface area contributed by atoms with Gasteiger partial charge in [-0.2, -0.15) is 0 Å². The van der Waals surface area contributed by atoms with E-state index in [9.17, 15) is 4.79 Å². The fraction of sp³-hybridized carbons (Fsp3) is 0.0833. The number of hydrogen-bond donors (Lipinski definition) is 1. The van der Waals surface area contributed by atoms with Crippen LogP contribution in [-0.4, -0.2) is 11.3 Å². The van der Waals surface area contributed by atoms with Gasteiger partial charge in [0.15, 0.2) is 12.2 Å². The monoisotopic (exact) mass is 201 g/mol. The molecule has 0 aliphatic carbocycles. The highest BCUT2D eigenvalue weighted by atomic mass is 16.5. The van der Waals surface area contributed by atoms with Crippen molar-refractivity contribution in [2.24, 2.45) is 0 Å². The van der Waals surface area contributed by atoms with E-state index in [2.05, 4.69) is 4.98 Å². The van der Waals surface area contributed by atoms with E-state index in [-0.39, 0.29) is 0 Å². The number of aromatic nitrogens is 1. The number of aldehydes is 1. The maximum Gasteiger partial charge on any atom is 0.191 e. The fourth-order valence-corrected chi connectivity index (χ4v) is 1.28. The van der Waals surface area contributed by atoms with Gasteiger partial charge < -0.3 is 9.72 Å². The summed E-state index contributed by atoms with van der Waals surface area (Å²) in [4.78, 5) is 13.3. The minimum atomic E-state index is 0.500. The first-order valence-corrected chi connectivity index (χ1v) is 4.69. The van der Waals surface area contributed by atoms with Gasteiger partial charge in [0.2, 0.25) is 0 Å². The van der Waals surface area contributed by atoms with E-state index in [1.807, 2.05) is 30.3 Å². The van der Waals surface area contributed by atoms with Crippen LogP contribution in [0.1, 0.15) is 16.1 Å². The molecule has 2 aromatic rings. The van der Waals surface area contributed by atoms with Gasteiger partial charge in [0.05, 0.1) is 5.69 Å². The van der Waals surface area contributed by atoms with Gasteiger partial charge >= 0.3 is 0 Å². The molecule has 1 aromatic carbocycles. The van der Waals surface area contributed by atoms with E-state index < -0.39 is 0 Å². The Bertz CT molecular complexity index is 434. The zero-order valence-electron chi connectivity index (χ0n) is 8.14. The Morgan fingerprint density at radius 3 is 2.60 bits per heavy atom. The number of rotatable bonds is 4. The van der Waals surface area contributed by atoms with Crippen molar-refractivity contribution in [1.29, 1.82) is 0 Å². The van der Waals surface area contributed by atoms with Gasteiger partial charge in [0.25, 0.3) is 0 Å². The van der Waals surface area contributed by atoms with Crippen molar-refractivity contribution in [3.05, 3.63) is 53.7 Å². The average Bonchev–Trinajstić information content (AvgIpc) is 2.76. The predicted molar refractivity (Wildman–Crippen MR) is 57.0 cm³/mol. The molecule has 15 heavy (non-hydrogen) atoms. The van der Waals surface area contributed by atoms with Crippen LogP contribution in [0.3, 0.4) is 0 Å². The van der Waals surface area contributed by atoms with Crippen LogP contribution in [0.2, 0.25) is 0 Å². The molecule has 1 heterocycles. The summed E-state index contributed by atoms with van der Waals surface area (Å²) in [5.41, 5.74) is 1.62. The number of ether oxygens (including phenoxy) is 1. The Kier molecular flexibility index (Phi) is 2.83. The van der Waals surface area contributed by atoms with Crippen molar-refractivity contribution in [1.82, 2.24) is 4.98 Å². The lowest BCUT2D eigenvalue weighted by Gasteiger charge is -2.02. The number of carbonyl (C=O) groups is 1. The second-order valence-electron chi connectivity index (χ2n) is 3.17. The molecule has 1 N–H and O–H groups in total. The van der Waals surface area contributed by atoms with Crippen LogP contribution in [0.4, 0.5) is 0 Å². The highest BCUT2D eigenvalue weighted by Gasteiger charge is 1.98. The van der Waals surface area contributed by atoms with E-state index in [1.165, 1.54) is 0 Å². The summed E-state index contributed by atoms with van der Waals surface area (Å²) >= 11 is 0. The molecule has 0 radical (unpaired) electrons. The second kappa shape index (κ2) is 4.46. The van der Waals surface area contributed by atoms with Gasteiger partial charge in [-0.15, -0.1) is 0 Å². The highest BCUT2D eigenvalue weighted by Crippen LogP contribution is 2.11. The van der Waals surface area contributed by atoms with Crippen LogP contribution in [0.25, 0.3) is 0 Å². The summed E-state index contributed by atoms with van der Waals surface area (Å²) in [6.07, 6.45) is 0.759. The number of hydrogen-bond acceptors (Lipinski definition) is 2. The van der Waals surface area contributed by atoms with E-state index >= 15 is 0 Å². The van der Waals surface area contributed by atoms with Crippen LogP contribution in [0, 0.1) is 0 Å². The zero-order valence-corrected chi connectivity index (χ0v) is 8.14. The van der Waals surface area contributed by atoms with Gasteiger partial charge in [0.1, 0.15) is 6.61 Å². The van der Waals surface area contributed by atoms with Crippen LogP contribution < -0.4 is 4.74 Å². The molecule has 0 bridgehead atoms. The van der Waals surface area contributed by atoms with Crippen molar-refractivity contribution in [2.45, 2.75) is 6.61 Å². The molecule has 3 nitrogen and oxygen atoms in total. The Morgan fingerprint density at radius 1 is 1.13 bits per heavy atom. The Balaban J connectivity index is 1.96. The quantitative estimate of drug-likeness (QED) is 0.772. The topological polar surface area (TPSA) is 42.1 Å². The molecule has 0 saturated carbocycles. The van der Waals surface area contributed by atoms with Gasteiger partial charge in [-0.3, -0.25) is 4.79 Å². The number of carbonyl (C=O) groups excluding carboxylic acids is 1. The van der Waals surface area contributed by atoms with Crippen LogP contribution in [-0.2, 0) is 6.61 Å². The third-order valence-corrected chi connectivity index (χ3v) is 2.05. The van der Waals surface area contributed by atoms with Gasteiger partial charge in [-0.25, -0.2) is 0 Å². The molecule has 76 valence electrons. The maximum absolute atomic E-state index is 10.4. The number of benzene rings is 1. The normalized spacial score (nSPS) is 9.87. The third kappa shape index (κ3) is 2.47. The summed E-state index contributed by atoms with van der Waals surface area (Å²) in [5, 5.41) is 0. The molecule has 1 aromatic heterocycles. The first kappa shape index (κ1) is 9.52. The third-order valence-electron chi connectivity index (χ3n) is 2.05. The van der Waals surface area contributed by atoms with Gasteiger partial charge in [-0.05, 0) is 11.6 Å². The second-order valence-corrected chi connectivity index (χ2v) is 3.17. The molecule has 0 saturated heterocycles. The average molecular weight is 201 g/mol. The molecular weight excluding hydrogens is 190 g/mol. The molecule has 0 amide bonds. The first-order valence-electron chi connectivity index (χ1n) is 4.69. The number of nitrogens with one attached hydrogen (secondary N) is 1. The summed E-state index contributed by atoms with van der Waals surface area (Å²) in [6.45, 7) is 0.500. The molecule has 0 fully saturated rings. The van der Waals surface area contributed by atoms with Crippen molar-refractivity contribution in [3.63, 3.8) is 0 Å². The van der Waals surface area contributed by atoms with E-state index in [0.29, 0.717) is 18.2 Å². The smallest absolute Gasteiger partial charge is 0.191 e. The lowest BCUT2D eigenvalue weighted by atomic mass is 10.2.